The molecule has 8 nitrogen and oxygen atoms in total. The van der Waals surface area contributed by atoms with Gasteiger partial charge in [-0.05, 0) is 36.8 Å². The molecule has 2 N–H and O–H groups in total. The predicted molar refractivity (Wildman–Crippen MR) is 121 cm³/mol. The molecule has 176 valence electrons. The lowest BCUT2D eigenvalue weighted by atomic mass is 9.86. The van der Waals surface area contributed by atoms with E-state index in [1.54, 1.807) is 43.3 Å². The number of carbonyl (C=O) groups is 1. The molecule has 33 heavy (non-hydrogen) atoms. The first-order chi connectivity index (χ1) is 15.7. The van der Waals surface area contributed by atoms with Gasteiger partial charge in [0.05, 0.1) is 18.2 Å². The van der Waals surface area contributed by atoms with Crippen molar-refractivity contribution in [3.8, 4) is 0 Å². The minimum atomic E-state index is -3.75. The van der Waals surface area contributed by atoms with E-state index in [0.29, 0.717) is 16.8 Å². The second-order valence-electron chi connectivity index (χ2n) is 8.45. The molecule has 1 saturated heterocycles. The third-order valence-electron chi connectivity index (χ3n) is 6.43. The van der Waals surface area contributed by atoms with Crippen LogP contribution in [-0.4, -0.2) is 47.2 Å². The van der Waals surface area contributed by atoms with Gasteiger partial charge >= 0.3 is 0 Å². The van der Waals surface area contributed by atoms with Gasteiger partial charge in [0, 0.05) is 42.9 Å². The fourth-order valence-corrected chi connectivity index (χ4v) is 6.41. The summed E-state index contributed by atoms with van der Waals surface area (Å²) < 4.78 is 41.4. The second-order valence-corrected chi connectivity index (χ2v) is 10.3. The van der Waals surface area contributed by atoms with Gasteiger partial charge < -0.3 is 15.0 Å². The quantitative estimate of drug-likeness (QED) is 0.654. The molecule has 1 aromatic carbocycles. The van der Waals surface area contributed by atoms with Gasteiger partial charge in [0.25, 0.3) is 5.56 Å². The summed E-state index contributed by atoms with van der Waals surface area (Å²) in [5.41, 5.74) is 1.30. The molecule has 0 spiro atoms. The maximum atomic E-state index is 13.3. The number of pyridine rings is 1. The van der Waals surface area contributed by atoms with Gasteiger partial charge in [-0.3, -0.25) is 9.59 Å². The lowest BCUT2D eigenvalue weighted by Gasteiger charge is -2.36. The number of fused-ring (bicyclic) bond motifs is 4. The van der Waals surface area contributed by atoms with Gasteiger partial charge in [-0.25, -0.2) is 12.8 Å². The van der Waals surface area contributed by atoms with Crippen molar-refractivity contribution in [1.82, 2.24) is 14.2 Å². The molecule has 10 heteroatoms. The minimum absolute atomic E-state index is 0.0517. The summed E-state index contributed by atoms with van der Waals surface area (Å²) in [5.74, 6) is -2.41. The Hall–Kier alpha value is -2.82. The van der Waals surface area contributed by atoms with Crippen LogP contribution in [-0.2, 0) is 27.9 Å². The van der Waals surface area contributed by atoms with Crippen molar-refractivity contribution < 1.29 is 22.7 Å². The van der Waals surface area contributed by atoms with Crippen LogP contribution in [0.1, 0.15) is 29.8 Å². The van der Waals surface area contributed by atoms with Crippen LogP contribution in [0, 0.1) is 17.7 Å². The van der Waals surface area contributed by atoms with E-state index in [9.17, 15) is 27.5 Å². The summed E-state index contributed by atoms with van der Waals surface area (Å²) in [6.45, 7) is 1.56. The molecule has 0 saturated carbocycles. The van der Waals surface area contributed by atoms with Gasteiger partial charge in [0.1, 0.15) is 5.82 Å². The van der Waals surface area contributed by atoms with Crippen LogP contribution >= 0.6 is 0 Å². The average Bonchev–Trinajstić information content (AvgIpc) is 3.03. The number of carbonyl (C=O) groups excluding carboxylic acids is 1. The molecule has 2 aromatic rings. The summed E-state index contributed by atoms with van der Waals surface area (Å²) in [4.78, 5) is 26.4. The van der Waals surface area contributed by atoms with Crippen molar-refractivity contribution in [3.05, 3.63) is 75.5 Å². The number of hydrogen-bond acceptors (Lipinski definition) is 5. The standard InChI is InChI=1S/C23H26FN3O5S/c1-3-4-15-7-10-18-21-20(22(29)25-11-14-5-8-16(24)9-6-14)17(13-28)19(12-26(18)23(15)30)27(21)33(2,31)32/h3-10,17,19-21,28H,11-13H2,1-2H3,(H,25,29)/b4-3+/t17-,19-,20+,21+/m1/s1. The summed E-state index contributed by atoms with van der Waals surface area (Å²) >= 11 is 0. The van der Waals surface area contributed by atoms with Gasteiger partial charge in [0.15, 0.2) is 0 Å². The van der Waals surface area contributed by atoms with Crippen LogP contribution in [0.25, 0.3) is 6.08 Å². The Labute approximate surface area is 191 Å². The van der Waals surface area contributed by atoms with Crippen LogP contribution in [0.2, 0.25) is 0 Å². The SMILES string of the molecule is C/C=C/c1ccc2n(c1=O)C[C@@H]1[C@@H](CO)[C@H](C(=O)NCc3ccc(F)cc3)[C@H]2N1S(C)(=O)=O. The van der Waals surface area contributed by atoms with Crippen LogP contribution < -0.4 is 10.9 Å². The lowest BCUT2D eigenvalue weighted by molar-refractivity contribution is -0.127. The van der Waals surface area contributed by atoms with E-state index in [4.69, 9.17) is 0 Å². The zero-order valence-corrected chi connectivity index (χ0v) is 19.1. The molecule has 1 aromatic heterocycles. The molecule has 3 heterocycles. The van der Waals surface area contributed by atoms with Crippen molar-refractivity contribution in [1.29, 1.82) is 0 Å². The number of aromatic nitrogens is 1. The number of sulfonamides is 1. The Balaban J connectivity index is 1.75. The molecule has 2 aliphatic heterocycles. The van der Waals surface area contributed by atoms with E-state index in [-0.39, 0.29) is 18.6 Å². The van der Waals surface area contributed by atoms with E-state index in [0.717, 1.165) is 6.26 Å². The number of aliphatic hydroxyl groups is 1. The van der Waals surface area contributed by atoms with E-state index < -0.39 is 52.3 Å². The number of nitrogens with one attached hydrogen (secondary N) is 1. The first-order valence-electron chi connectivity index (χ1n) is 10.6. The second kappa shape index (κ2) is 8.85. The number of aliphatic hydroxyl groups excluding tert-OH is 1. The first-order valence-corrected chi connectivity index (χ1v) is 12.5. The third kappa shape index (κ3) is 4.14. The molecule has 2 aliphatic rings. The molecule has 4 atom stereocenters. The highest BCUT2D eigenvalue weighted by Gasteiger charge is 2.58. The molecule has 2 bridgehead atoms. The number of hydrogen-bond donors (Lipinski definition) is 2. The topological polar surface area (TPSA) is 109 Å². The molecule has 1 amide bonds. The largest absolute Gasteiger partial charge is 0.396 e. The van der Waals surface area contributed by atoms with Gasteiger partial charge in [-0.2, -0.15) is 4.31 Å². The molecular weight excluding hydrogens is 449 g/mol. The van der Waals surface area contributed by atoms with E-state index >= 15 is 0 Å². The number of halogens is 1. The number of amides is 1. The predicted octanol–water partition coefficient (Wildman–Crippen LogP) is 1.26. The Morgan fingerprint density at radius 1 is 1.24 bits per heavy atom. The third-order valence-corrected chi connectivity index (χ3v) is 7.69. The minimum Gasteiger partial charge on any atom is -0.396 e. The fourth-order valence-electron chi connectivity index (χ4n) is 5.04. The van der Waals surface area contributed by atoms with E-state index in [1.807, 2.05) is 0 Å². The molecule has 1 fully saturated rings. The normalized spacial score (nSPS) is 24.7. The Kier molecular flexibility index (Phi) is 6.26. The fraction of sp³-hybridized carbons (Fsp3) is 0.391. The molecule has 0 aliphatic carbocycles. The van der Waals surface area contributed by atoms with Gasteiger partial charge in [-0.15, -0.1) is 0 Å². The maximum absolute atomic E-state index is 13.3. The summed E-state index contributed by atoms with van der Waals surface area (Å²) in [5, 5.41) is 13.0. The highest BCUT2D eigenvalue weighted by atomic mass is 32.2. The molecule has 4 rings (SSSR count). The van der Waals surface area contributed by atoms with Gasteiger partial charge in [-0.1, -0.05) is 24.3 Å². The average molecular weight is 476 g/mol. The van der Waals surface area contributed by atoms with Gasteiger partial charge in [0.2, 0.25) is 15.9 Å². The lowest BCUT2D eigenvalue weighted by Crippen LogP contribution is -2.48. The Morgan fingerprint density at radius 3 is 2.55 bits per heavy atom. The number of rotatable bonds is 6. The number of allylic oxidation sites excluding steroid dienone is 1. The molecular formula is C23H26FN3O5S. The van der Waals surface area contributed by atoms with Crippen molar-refractivity contribution in [2.24, 2.45) is 11.8 Å². The summed E-state index contributed by atoms with van der Waals surface area (Å²) in [6, 6.07) is 7.32. The summed E-state index contributed by atoms with van der Waals surface area (Å²) in [6.07, 6.45) is 4.49. The first kappa shape index (κ1) is 23.3. The Morgan fingerprint density at radius 2 is 1.94 bits per heavy atom. The van der Waals surface area contributed by atoms with E-state index in [1.165, 1.54) is 21.0 Å². The smallest absolute Gasteiger partial charge is 0.258 e. The van der Waals surface area contributed by atoms with Crippen molar-refractivity contribution >= 4 is 22.0 Å². The van der Waals surface area contributed by atoms with E-state index in [2.05, 4.69) is 5.32 Å². The molecule has 0 unspecified atom stereocenters. The van der Waals surface area contributed by atoms with Crippen LogP contribution in [0.3, 0.4) is 0 Å². The highest BCUT2D eigenvalue weighted by molar-refractivity contribution is 7.88. The maximum Gasteiger partial charge on any atom is 0.258 e. The Bertz CT molecular complexity index is 1260. The van der Waals surface area contributed by atoms with Crippen LogP contribution in [0.5, 0.6) is 0 Å². The number of benzene rings is 1. The zero-order valence-electron chi connectivity index (χ0n) is 18.3. The zero-order chi connectivity index (χ0) is 23.9. The number of nitrogens with zero attached hydrogens (tertiary/aromatic N) is 2. The van der Waals surface area contributed by atoms with Crippen molar-refractivity contribution in [2.75, 3.05) is 12.9 Å². The molecule has 0 radical (unpaired) electrons. The van der Waals surface area contributed by atoms with Crippen molar-refractivity contribution in [2.45, 2.75) is 32.1 Å². The summed E-state index contributed by atoms with van der Waals surface area (Å²) in [7, 11) is -3.75. The van der Waals surface area contributed by atoms with Crippen molar-refractivity contribution in [3.63, 3.8) is 0 Å². The van der Waals surface area contributed by atoms with Crippen LogP contribution in [0.15, 0.2) is 47.3 Å². The highest BCUT2D eigenvalue weighted by Crippen LogP contribution is 2.49. The monoisotopic (exact) mass is 475 g/mol. The van der Waals surface area contributed by atoms with Crippen LogP contribution in [0.4, 0.5) is 4.39 Å².